The second-order valence-electron chi connectivity index (χ2n) is 3.75. The van der Waals surface area contributed by atoms with Gasteiger partial charge in [-0.05, 0) is 13.0 Å². The number of ketones is 1. The van der Waals surface area contributed by atoms with Crippen LogP contribution >= 0.6 is 0 Å². The Balaban J connectivity index is 2.88. The first-order valence-corrected chi connectivity index (χ1v) is 5.02. The molecule has 0 aliphatic heterocycles. The largest absolute Gasteiger partial charge is 0.390 e. The van der Waals surface area contributed by atoms with Crippen LogP contribution in [0.2, 0.25) is 0 Å². The number of pyridine rings is 1. The van der Waals surface area contributed by atoms with E-state index in [1.807, 2.05) is 0 Å². The van der Waals surface area contributed by atoms with Gasteiger partial charge in [-0.2, -0.15) is 0 Å². The molecule has 4 N–H and O–H groups in total. The van der Waals surface area contributed by atoms with Gasteiger partial charge in [0.25, 0.3) is 0 Å². The molecule has 0 bridgehead atoms. The van der Waals surface area contributed by atoms with Gasteiger partial charge < -0.3 is 15.9 Å². The van der Waals surface area contributed by atoms with E-state index in [-0.39, 0.29) is 17.8 Å². The number of nitrogens with zero attached hydrogens (tertiary/aromatic N) is 1. The molecule has 92 valence electrons. The summed E-state index contributed by atoms with van der Waals surface area (Å²) < 4.78 is 0. The van der Waals surface area contributed by atoms with Crippen molar-refractivity contribution in [2.24, 2.45) is 5.73 Å². The maximum atomic E-state index is 11.1. The molecular weight excluding hydrogens is 224 g/mol. The van der Waals surface area contributed by atoms with E-state index in [1.54, 1.807) is 0 Å². The van der Waals surface area contributed by atoms with Gasteiger partial charge in [-0.15, -0.1) is 0 Å². The Kier molecular flexibility index (Phi) is 4.30. The lowest BCUT2D eigenvalue weighted by Gasteiger charge is -2.16. The normalized spacial score (nSPS) is 14.1. The Morgan fingerprint density at radius 2 is 2.06 bits per heavy atom. The highest BCUT2D eigenvalue weighted by Crippen LogP contribution is 2.19. The summed E-state index contributed by atoms with van der Waals surface area (Å²) in [6.07, 6.45) is -0.281. The lowest BCUT2D eigenvalue weighted by atomic mass is 10.0. The molecule has 0 spiro atoms. The van der Waals surface area contributed by atoms with Crippen molar-refractivity contribution in [3.8, 4) is 0 Å². The molecule has 1 aromatic heterocycles. The van der Waals surface area contributed by atoms with Crippen LogP contribution in [0.5, 0.6) is 0 Å². The standard InChI is InChI=1S/C11H14N2O4/c1-6(14)7-2-8(5-13-4-7)11(17)9(15)3-10(12)16/h2,4-5,9,11,15,17H,3H2,1H3,(H2,12,16). The fourth-order valence-corrected chi connectivity index (χ4v) is 1.35. The molecule has 6 nitrogen and oxygen atoms in total. The lowest BCUT2D eigenvalue weighted by Crippen LogP contribution is -2.25. The first-order chi connectivity index (χ1) is 7.91. The van der Waals surface area contributed by atoms with Crippen LogP contribution in [0.1, 0.15) is 35.4 Å². The van der Waals surface area contributed by atoms with Crippen LogP contribution in [0.15, 0.2) is 18.5 Å². The third kappa shape index (κ3) is 3.61. The van der Waals surface area contributed by atoms with E-state index in [1.165, 1.54) is 25.4 Å². The summed E-state index contributed by atoms with van der Waals surface area (Å²) >= 11 is 0. The number of carbonyl (C=O) groups is 2. The SMILES string of the molecule is CC(=O)c1cncc(C(O)C(O)CC(N)=O)c1. The van der Waals surface area contributed by atoms with E-state index in [9.17, 15) is 19.8 Å². The number of amides is 1. The summed E-state index contributed by atoms with van der Waals surface area (Å²) in [4.78, 5) is 25.5. The molecule has 1 rings (SSSR count). The number of aromatic nitrogens is 1. The van der Waals surface area contributed by atoms with Crippen molar-refractivity contribution >= 4 is 11.7 Å². The first-order valence-electron chi connectivity index (χ1n) is 5.02. The third-order valence-electron chi connectivity index (χ3n) is 2.28. The van der Waals surface area contributed by atoms with E-state index in [4.69, 9.17) is 5.73 Å². The van der Waals surface area contributed by atoms with Crippen molar-refractivity contribution in [1.82, 2.24) is 4.98 Å². The summed E-state index contributed by atoms with van der Waals surface area (Å²) in [6.45, 7) is 1.37. The molecule has 2 atom stereocenters. The van der Waals surface area contributed by atoms with Crippen LogP contribution in [-0.2, 0) is 4.79 Å². The number of hydrogen-bond donors (Lipinski definition) is 3. The molecule has 0 aliphatic carbocycles. The minimum atomic E-state index is -1.31. The van der Waals surface area contributed by atoms with Gasteiger partial charge in [-0.3, -0.25) is 14.6 Å². The number of Topliss-reactive ketones (excluding diaryl/α,β-unsaturated/α-hetero) is 1. The average molecular weight is 238 g/mol. The van der Waals surface area contributed by atoms with Crippen molar-refractivity contribution in [3.05, 3.63) is 29.6 Å². The zero-order valence-corrected chi connectivity index (χ0v) is 9.33. The Hall–Kier alpha value is -1.79. The van der Waals surface area contributed by atoms with Crippen molar-refractivity contribution in [2.45, 2.75) is 25.6 Å². The third-order valence-corrected chi connectivity index (χ3v) is 2.28. The molecule has 0 aromatic carbocycles. The summed E-state index contributed by atoms with van der Waals surface area (Å²) in [6, 6.07) is 1.42. The Morgan fingerprint density at radius 3 is 2.59 bits per heavy atom. The van der Waals surface area contributed by atoms with Crippen LogP contribution in [-0.4, -0.2) is 33.0 Å². The fraction of sp³-hybridized carbons (Fsp3) is 0.364. The number of nitrogens with two attached hydrogens (primary N) is 1. The maximum absolute atomic E-state index is 11.1. The molecule has 1 amide bonds. The van der Waals surface area contributed by atoms with Crippen LogP contribution in [0.25, 0.3) is 0 Å². The highest BCUT2D eigenvalue weighted by Gasteiger charge is 2.21. The number of aliphatic hydroxyl groups excluding tert-OH is 2. The van der Waals surface area contributed by atoms with Crippen molar-refractivity contribution in [3.63, 3.8) is 0 Å². The van der Waals surface area contributed by atoms with Crippen molar-refractivity contribution < 1.29 is 19.8 Å². The zero-order valence-electron chi connectivity index (χ0n) is 9.33. The molecule has 0 fully saturated rings. The van der Waals surface area contributed by atoms with E-state index in [2.05, 4.69) is 4.98 Å². The molecule has 17 heavy (non-hydrogen) atoms. The smallest absolute Gasteiger partial charge is 0.220 e. The first kappa shape index (κ1) is 13.3. The van der Waals surface area contributed by atoms with E-state index in [0.717, 1.165) is 0 Å². The number of aliphatic hydroxyl groups is 2. The van der Waals surface area contributed by atoms with Gasteiger partial charge in [-0.25, -0.2) is 0 Å². The molecule has 2 unspecified atom stereocenters. The van der Waals surface area contributed by atoms with Gasteiger partial charge in [0.15, 0.2) is 5.78 Å². The monoisotopic (exact) mass is 238 g/mol. The van der Waals surface area contributed by atoms with Crippen molar-refractivity contribution in [1.29, 1.82) is 0 Å². The van der Waals surface area contributed by atoms with Crippen LogP contribution < -0.4 is 5.73 Å². The van der Waals surface area contributed by atoms with Gasteiger partial charge in [0.05, 0.1) is 12.5 Å². The summed E-state index contributed by atoms with van der Waals surface area (Å²) in [7, 11) is 0. The molecule has 0 saturated heterocycles. The molecule has 1 heterocycles. The topological polar surface area (TPSA) is 114 Å². The van der Waals surface area contributed by atoms with Crippen LogP contribution in [0.4, 0.5) is 0 Å². The zero-order chi connectivity index (χ0) is 13.0. The van der Waals surface area contributed by atoms with Gasteiger partial charge in [0.2, 0.25) is 5.91 Å². The summed E-state index contributed by atoms with van der Waals surface area (Å²) in [5.41, 5.74) is 5.50. The highest BCUT2D eigenvalue weighted by atomic mass is 16.3. The highest BCUT2D eigenvalue weighted by molar-refractivity contribution is 5.93. The molecule has 1 aromatic rings. The van der Waals surface area contributed by atoms with E-state index < -0.39 is 18.1 Å². The van der Waals surface area contributed by atoms with Gasteiger partial charge in [0.1, 0.15) is 6.10 Å². The predicted molar refractivity (Wildman–Crippen MR) is 59.0 cm³/mol. The molecule has 0 aliphatic rings. The van der Waals surface area contributed by atoms with Crippen LogP contribution in [0, 0.1) is 0 Å². The fourth-order valence-electron chi connectivity index (χ4n) is 1.35. The minimum absolute atomic E-state index is 0.198. The second kappa shape index (κ2) is 5.51. The molecule has 0 radical (unpaired) electrons. The quantitative estimate of drug-likeness (QED) is 0.601. The van der Waals surface area contributed by atoms with E-state index in [0.29, 0.717) is 5.56 Å². The molecule has 6 heteroatoms. The van der Waals surface area contributed by atoms with E-state index >= 15 is 0 Å². The van der Waals surface area contributed by atoms with Gasteiger partial charge in [0, 0.05) is 23.5 Å². The maximum Gasteiger partial charge on any atom is 0.220 e. The summed E-state index contributed by atoms with van der Waals surface area (Å²) in [5.74, 6) is -0.914. The number of primary amides is 1. The van der Waals surface area contributed by atoms with Gasteiger partial charge in [-0.1, -0.05) is 0 Å². The summed E-state index contributed by atoms with van der Waals surface area (Å²) in [5, 5.41) is 19.2. The Labute approximate surface area is 98.1 Å². The van der Waals surface area contributed by atoms with Crippen molar-refractivity contribution in [2.75, 3.05) is 0 Å². The van der Waals surface area contributed by atoms with Gasteiger partial charge >= 0.3 is 0 Å². The predicted octanol–water partition coefficient (Wildman–Crippen LogP) is -0.446. The Bertz CT molecular complexity index is 433. The minimum Gasteiger partial charge on any atom is -0.390 e. The second-order valence-corrected chi connectivity index (χ2v) is 3.75. The number of rotatable bonds is 5. The lowest BCUT2D eigenvalue weighted by molar-refractivity contribution is -0.121. The number of hydrogen-bond acceptors (Lipinski definition) is 5. The number of carbonyl (C=O) groups excluding carboxylic acids is 2. The molecular formula is C11H14N2O4. The molecule has 0 saturated carbocycles. The Morgan fingerprint density at radius 1 is 1.41 bits per heavy atom. The van der Waals surface area contributed by atoms with Crippen LogP contribution in [0.3, 0.4) is 0 Å². The average Bonchev–Trinajstić information content (AvgIpc) is 2.27.